The van der Waals surface area contributed by atoms with Gasteiger partial charge in [0, 0.05) is 0 Å². The van der Waals surface area contributed by atoms with Crippen LogP contribution < -0.4 is 0 Å². The van der Waals surface area contributed by atoms with Crippen molar-refractivity contribution in [1.82, 2.24) is 0 Å². The topological polar surface area (TPSA) is 60.4 Å². The van der Waals surface area contributed by atoms with Gasteiger partial charge in [-0.05, 0) is 20.8 Å². The molecular formula is C10H16O4. The highest BCUT2D eigenvalue weighted by Gasteiger charge is 2.36. The Bertz CT molecular complexity index is 263. The lowest BCUT2D eigenvalue weighted by molar-refractivity contribution is -0.169. The first-order chi connectivity index (χ1) is 6.19. The Hall–Kier alpha value is -1.19. The van der Waals surface area contributed by atoms with Gasteiger partial charge in [-0.1, -0.05) is 13.8 Å². The highest BCUT2D eigenvalue weighted by molar-refractivity contribution is 6.04. The third kappa shape index (κ3) is 2.94. The number of ether oxygens (including phenoxy) is 1. The molecule has 0 aromatic heterocycles. The molecule has 0 aromatic rings. The summed E-state index contributed by atoms with van der Waals surface area (Å²) < 4.78 is 4.54. The average molecular weight is 200 g/mol. The molecule has 0 heterocycles. The fourth-order valence-corrected chi connectivity index (χ4v) is 0.481. The van der Waals surface area contributed by atoms with Crippen molar-refractivity contribution in [2.75, 3.05) is 0 Å². The summed E-state index contributed by atoms with van der Waals surface area (Å²) in [5, 5.41) is 0. The van der Waals surface area contributed by atoms with Crippen LogP contribution in [0, 0.1) is 11.3 Å². The molecule has 0 atom stereocenters. The van der Waals surface area contributed by atoms with Crippen LogP contribution in [0.1, 0.15) is 34.6 Å². The molecule has 0 saturated heterocycles. The van der Waals surface area contributed by atoms with E-state index in [0.29, 0.717) is 0 Å². The predicted molar refractivity (Wildman–Crippen MR) is 50.4 cm³/mol. The molecule has 0 N–H and O–H groups in total. The number of hydrogen-bond donors (Lipinski definition) is 0. The first-order valence-corrected chi connectivity index (χ1v) is 4.46. The van der Waals surface area contributed by atoms with Gasteiger partial charge < -0.3 is 4.74 Å². The molecule has 0 aliphatic rings. The lowest BCUT2D eigenvalue weighted by atomic mass is 9.89. The maximum Gasteiger partial charge on any atom is 0.326 e. The van der Waals surface area contributed by atoms with Crippen LogP contribution in [0.3, 0.4) is 0 Å². The zero-order valence-electron chi connectivity index (χ0n) is 9.21. The number of rotatable bonds is 3. The summed E-state index contributed by atoms with van der Waals surface area (Å²) in [6.07, 6.45) is 0. The first kappa shape index (κ1) is 12.8. The van der Waals surface area contributed by atoms with Crippen molar-refractivity contribution in [3.63, 3.8) is 0 Å². The number of esters is 2. The molecule has 0 amide bonds. The minimum absolute atomic E-state index is 0.320. The zero-order valence-corrected chi connectivity index (χ0v) is 9.21. The van der Waals surface area contributed by atoms with Crippen LogP contribution in [0.4, 0.5) is 0 Å². The second kappa shape index (κ2) is 4.35. The maximum atomic E-state index is 11.4. The van der Waals surface area contributed by atoms with Crippen LogP contribution in [0.5, 0.6) is 0 Å². The molecule has 0 fully saturated rings. The minimum Gasteiger partial charge on any atom is -0.392 e. The van der Waals surface area contributed by atoms with E-state index in [1.807, 2.05) is 0 Å². The van der Waals surface area contributed by atoms with Crippen molar-refractivity contribution < 1.29 is 19.1 Å². The summed E-state index contributed by atoms with van der Waals surface area (Å²) in [5.74, 6) is -2.09. The van der Waals surface area contributed by atoms with Crippen LogP contribution in [-0.4, -0.2) is 17.7 Å². The van der Waals surface area contributed by atoms with Crippen molar-refractivity contribution in [2.45, 2.75) is 34.6 Å². The Morgan fingerprint density at radius 2 is 1.57 bits per heavy atom. The molecule has 14 heavy (non-hydrogen) atoms. The molecule has 4 nitrogen and oxygen atoms in total. The second-order valence-electron chi connectivity index (χ2n) is 4.04. The molecule has 0 saturated carbocycles. The number of carbonyl (C=O) groups excluding carboxylic acids is 3. The van der Waals surface area contributed by atoms with Gasteiger partial charge in [0.05, 0.1) is 5.92 Å². The second-order valence-corrected chi connectivity index (χ2v) is 4.04. The molecule has 0 radical (unpaired) electrons. The Labute approximate surface area is 83.6 Å². The Morgan fingerprint density at radius 3 is 1.86 bits per heavy atom. The van der Waals surface area contributed by atoms with Crippen LogP contribution in [-0.2, 0) is 19.1 Å². The van der Waals surface area contributed by atoms with Gasteiger partial charge in [-0.15, -0.1) is 0 Å². The van der Waals surface area contributed by atoms with Gasteiger partial charge in [0.1, 0.15) is 11.2 Å². The largest absolute Gasteiger partial charge is 0.392 e. The third-order valence-corrected chi connectivity index (χ3v) is 2.06. The smallest absolute Gasteiger partial charge is 0.326 e. The van der Waals surface area contributed by atoms with Gasteiger partial charge in [0.2, 0.25) is 0 Å². The van der Waals surface area contributed by atoms with Crippen molar-refractivity contribution in [1.29, 1.82) is 0 Å². The van der Waals surface area contributed by atoms with Gasteiger partial charge >= 0.3 is 11.9 Å². The number of carbonyl (C=O) groups is 3. The fourth-order valence-electron chi connectivity index (χ4n) is 0.481. The molecule has 0 aliphatic heterocycles. The van der Waals surface area contributed by atoms with Gasteiger partial charge in [-0.2, -0.15) is 0 Å². The van der Waals surface area contributed by atoms with Crippen molar-refractivity contribution in [3.8, 4) is 0 Å². The van der Waals surface area contributed by atoms with Gasteiger partial charge in [0.15, 0.2) is 0 Å². The lowest BCUT2D eigenvalue weighted by Crippen LogP contribution is -2.35. The Balaban J connectivity index is 4.51. The first-order valence-electron chi connectivity index (χ1n) is 4.46. The standard InChI is InChI=1S/C10H16O4/c1-6(2)8(12)14-9(13)10(4,5)7(3)11/h6H,1-5H3. The predicted octanol–water partition coefficient (Wildman–Crippen LogP) is 1.33. The summed E-state index contributed by atoms with van der Waals surface area (Å²) >= 11 is 0. The molecule has 0 rings (SSSR count). The van der Waals surface area contributed by atoms with E-state index in [0.717, 1.165) is 0 Å². The number of Topliss-reactive ketones (excluding diaryl/α,β-unsaturated/α-hetero) is 1. The van der Waals surface area contributed by atoms with Gasteiger partial charge in [-0.3, -0.25) is 14.4 Å². The van der Waals surface area contributed by atoms with Gasteiger partial charge in [0.25, 0.3) is 0 Å². The van der Waals surface area contributed by atoms with Crippen LogP contribution >= 0.6 is 0 Å². The van der Waals surface area contributed by atoms with E-state index in [4.69, 9.17) is 0 Å². The molecule has 0 spiro atoms. The fraction of sp³-hybridized carbons (Fsp3) is 0.700. The van der Waals surface area contributed by atoms with Crippen molar-refractivity contribution in [2.24, 2.45) is 11.3 Å². The molecule has 4 heteroatoms. The third-order valence-electron chi connectivity index (χ3n) is 2.06. The van der Waals surface area contributed by atoms with E-state index >= 15 is 0 Å². The Morgan fingerprint density at radius 1 is 1.14 bits per heavy atom. The minimum atomic E-state index is -1.25. The molecule has 0 bridgehead atoms. The van der Waals surface area contributed by atoms with E-state index in [2.05, 4.69) is 4.74 Å². The highest BCUT2D eigenvalue weighted by Crippen LogP contribution is 2.19. The summed E-state index contributed by atoms with van der Waals surface area (Å²) in [7, 11) is 0. The van der Waals surface area contributed by atoms with Crippen LogP contribution in [0.25, 0.3) is 0 Å². The molecule has 80 valence electrons. The van der Waals surface area contributed by atoms with E-state index in [1.165, 1.54) is 20.8 Å². The quantitative estimate of drug-likeness (QED) is 0.509. The zero-order chi connectivity index (χ0) is 11.5. The molecule has 0 unspecified atom stereocenters. The summed E-state index contributed by atoms with van der Waals surface area (Å²) in [6, 6.07) is 0. The monoisotopic (exact) mass is 200 g/mol. The van der Waals surface area contributed by atoms with E-state index in [1.54, 1.807) is 13.8 Å². The van der Waals surface area contributed by atoms with Crippen molar-refractivity contribution in [3.05, 3.63) is 0 Å². The van der Waals surface area contributed by atoms with Crippen LogP contribution in [0.15, 0.2) is 0 Å². The number of ketones is 1. The molecule has 0 aliphatic carbocycles. The van der Waals surface area contributed by atoms with E-state index < -0.39 is 17.4 Å². The maximum absolute atomic E-state index is 11.4. The highest BCUT2D eigenvalue weighted by atomic mass is 16.6. The SMILES string of the molecule is CC(=O)C(C)(C)C(=O)OC(=O)C(C)C. The van der Waals surface area contributed by atoms with Gasteiger partial charge in [-0.25, -0.2) is 0 Å². The average Bonchev–Trinajstić information content (AvgIpc) is 2.03. The summed E-state index contributed by atoms with van der Waals surface area (Å²) in [6.45, 7) is 7.41. The van der Waals surface area contributed by atoms with Crippen LogP contribution in [0.2, 0.25) is 0 Å². The summed E-state index contributed by atoms with van der Waals surface area (Å²) in [4.78, 5) is 33.5. The number of hydrogen-bond acceptors (Lipinski definition) is 4. The molecule has 0 aromatic carbocycles. The van der Waals surface area contributed by atoms with E-state index in [-0.39, 0.29) is 11.7 Å². The summed E-state index contributed by atoms with van der Waals surface area (Å²) in [5.41, 5.74) is -1.25. The Kier molecular flexibility index (Phi) is 3.98. The van der Waals surface area contributed by atoms with Crippen molar-refractivity contribution >= 4 is 17.7 Å². The van der Waals surface area contributed by atoms with E-state index in [9.17, 15) is 14.4 Å². The molecular weight excluding hydrogens is 184 g/mol. The normalized spacial score (nSPS) is 11.3. The lowest BCUT2D eigenvalue weighted by Gasteiger charge is -2.18.